The molecule has 0 heterocycles. The molecule has 0 aliphatic rings. The lowest BCUT2D eigenvalue weighted by atomic mass is 10.0. The second-order valence-corrected chi connectivity index (χ2v) is 5.00. The first-order valence-electron chi connectivity index (χ1n) is 7.51. The highest BCUT2D eigenvalue weighted by Crippen LogP contribution is 2.15. The highest BCUT2D eigenvalue weighted by Gasteiger charge is 2.12. The standard InChI is InChI=1S/C14H29NO3/c1-3-5-7-9-11-13-14(18-15(16)17)12-10-8-6-4-2/h14H,3-13H2,1-2H3. The minimum absolute atomic E-state index is 0.182. The van der Waals surface area contributed by atoms with Crippen LogP contribution in [0.3, 0.4) is 0 Å². The van der Waals surface area contributed by atoms with Gasteiger partial charge in [-0.05, 0) is 12.8 Å². The van der Waals surface area contributed by atoms with Gasteiger partial charge in [0, 0.05) is 0 Å². The van der Waals surface area contributed by atoms with Crippen molar-refractivity contribution in [1.29, 1.82) is 0 Å². The van der Waals surface area contributed by atoms with Gasteiger partial charge in [0.1, 0.15) is 6.10 Å². The van der Waals surface area contributed by atoms with Crippen LogP contribution in [0.5, 0.6) is 0 Å². The molecule has 0 aliphatic carbocycles. The third kappa shape index (κ3) is 11.7. The molecule has 0 fully saturated rings. The van der Waals surface area contributed by atoms with Gasteiger partial charge in [-0.25, -0.2) is 0 Å². The van der Waals surface area contributed by atoms with E-state index in [9.17, 15) is 10.1 Å². The fourth-order valence-corrected chi connectivity index (χ4v) is 2.15. The maximum absolute atomic E-state index is 10.4. The van der Waals surface area contributed by atoms with Crippen molar-refractivity contribution in [3.05, 3.63) is 10.1 Å². The molecule has 0 aromatic rings. The van der Waals surface area contributed by atoms with E-state index in [1.165, 1.54) is 38.5 Å². The van der Waals surface area contributed by atoms with E-state index in [0.29, 0.717) is 0 Å². The normalized spacial score (nSPS) is 12.3. The molecule has 4 nitrogen and oxygen atoms in total. The zero-order chi connectivity index (χ0) is 13.6. The van der Waals surface area contributed by atoms with Crippen molar-refractivity contribution < 1.29 is 9.92 Å². The van der Waals surface area contributed by atoms with Crippen molar-refractivity contribution in [2.75, 3.05) is 0 Å². The molecule has 108 valence electrons. The van der Waals surface area contributed by atoms with Crippen molar-refractivity contribution in [2.45, 2.75) is 90.6 Å². The molecule has 0 rings (SSSR count). The fourth-order valence-electron chi connectivity index (χ4n) is 2.15. The summed E-state index contributed by atoms with van der Waals surface area (Å²) in [4.78, 5) is 15.2. The van der Waals surface area contributed by atoms with Crippen LogP contribution >= 0.6 is 0 Å². The van der Waals surface area contributed by atoms with Crippen molar-refractivity contribution in [3.8, 4) is 0 Å². The van der Waals surface area contributed by atoms with Crippen LogP contribution in [-0.4, -0.2) is 11.2 Å². The molecule has 0 saturated carbocycles. The van der Waals surface area contributed by atoms with Gasteiger partial charge in [-0.2, -0.15) is 0 Å². The lowest BCUT2D eigenvalue weighted by Gasteiger charge is -2.14. The van der Waals surface area contributed by atoms with Crippen LogP contribution in [-0.2, 0) is 4.84 Å². The Kier molecular flexibility index (Phi) is 12.1. The zero-order valence-corrected chi connectivity index (χ0v) is 12.0. The van der Waals surface area contributed by atoms with E-state index in [1.54, 1.807) is 0 Å². The lowest BCUT2D eigenvalue weighted by molar-refractivity contribution is -0.769. The summed E-state index contributed by atoms with van der Waals surface area (Å²) in [5, 5.41) is 9.79. The van der Waals surface area contributed by atoms with Crippen LogP contribution in [0, 0.1) is 10.1 Å². The van der Waals surface area contributed by atoms with Crippen molar-refractivity contribution >= 4 is 0 Å². The quantitative estimate of drug-likeness (QED) is 0.269. The molecular weight excluding hydrogens is 230 g/mol. The molecule has 0 radical (unpaired) electrons. The molecule has 0 spiro atoms. The van der Waals surface area contributed by atoms with Gasteiger partial charge in [-0.15, -0.1) is 10.1 Å². The summed E-state index contributed by atoms with van der Waals surface area (Å²) in [6.45, 7) is 4.35. The van der Waals surface area contributed by atoms with E-state index >= 15 is 0 Å². The monoisotopic (exact) mass is 259 g/mol. The molecule has 0 aromatic heterocycles. The summed E-state index contributed by atoms with van der Waals surface area (Å²) in [6.07, 6.45) is 12.0. The Morgan fingerprint density at radius 3 is 1.78 bits per heavy atom. The number of hydrogen-bond donors (Lipinski definition) is 0. The van der Waals surface area contributed by atoms with E-state index in [0.717, 1.165) is 32.1 Å². The summed E-state index contributed by atoms with van der Waals surface area (Å²) >= 11 is 0. The summed E-state index contributed by atoms with van der Waals surface area (Å²) in [5.74, 6) is 0. The number of rotatable bonds is 13. The van der Waals surface area contributed by atoms with E-state index in [1.807, 2.05) is 0 Å². The Bertz CT molecular complexity index is 197. The molecule has 4 heteroatoms. The van der Waals surface area contributed by atoms with Crippen LogP contribution < -0.4 is 0 Å². The first-order chi connectivity index (χ1) is 8.70. The average Bonchev–Trinajstić information content (AvgIpc) is 2.33. The van der Waals surface area contributed by atoms with Crippen LogP contribution in [0.1, 0.15) is 84.5 Å². The minimum atomic E-state index is -0.628. The minimum Gasteiger partial charge on any atom is -0.311 e. The Morgan fingerprint density at radius 2 is 1.33 bits per heavy atom. The third-order valence-electron chi connectivity index (χ3n) is 3.24. The molecular formula is C14H29NO3. The van der Waals surface area contributed by atoms with Gasteiger partial charge in [0.05, 0.1) is 0 Å². The van der Waals surface area contributed by atoms with Crippen LogP contribution in [0.2, 0.25) is 0 Å². The van der Waals surface area contributed by atoms with Gasteiger partial charge in [0.15, 0.2) is 0 Å². The van der Waals surface area contributed by atoms with Gasteiger partial charge in [-0.1, -0.05) is 71.6 Å². The largest absolute Gasteiger partial charge is 0.311 e. The summed E-state index contributed by atoms with van der Waals surface area (Å²) in [6, 6.07) is 0. The second kappa shape index (κ2) is 12.7. The summed E-state index contributed by atoms with van der Waals surface area (Å²) in [7, 11) is 0. The van der Waals surface area contributed by atoms with E-state index in [4.69, 9.17) is 4.84 Å². The molecule has 0 amide bonds. The van der Waals surface area contributed by atoms with E-state index < -0.39 is 5.09 Å². The highest BCUT2D eigenvalue weighted by molar-refractivity contribution is 4.58. The van der Waals surface area contributed by atoms with Gasteiger partial charge in [0.25, 0.3) is 5.09 Å². The van der Waals surface area contributed by atoms with Crippen molar-refractivity contribution in [3.63, 3.8) is 0 Å². The predicted octanol–water partition coefficient (Wildman–Crippen LogP) is 4.89. The van der Waals surface area contributed by atoms with Crippen LogP contribution in [0.4, 0.5) is 0 Å². The number of hydrogen-bond acceptors (Lipinski definition) is 3. The van der Waals surface area contributed by atoms with Gasteiger partial charge >= 0.3 is 0 Å². The Hall–Kier alpha value is -0.800. The number of unbranched alkanes of at least 4 members (excludes halogenated alkanes) is 7. The third-order valence-corrected chi connectivity index (χ3v) is 3.24. The molecule has 0 aliphatic heterocycles. The SMILES string of the molecule is CCCCCCCC(CCCCCC)O[N+](=O)[O-]. The first kappa shape index (κ1) is 17.2. The van der Waals surface area contributed by atoms with Gasteiger partial charge in [-0.3, -0.25) is 0 Å². The second-order valence-electron chi connectivity index (χ2n) is 5.00. The zero-order valence-electron chi connectivity index (χ0n) is 12.0. The average molecular weight is 259 g/mol. The molecule has 1 unspecified atom stereocenters. The molecule has 0 saturated heterocycles. The topological polar surface area (TPSA) is 52.4 Å². The van der Waals surface area contributed by atoms with Crippen molar-refractivity contribution in [1.82, 2.24) is 0 Å². The van der Waals surface area contributed by atoms with E-state index in [2.05, 4.69) is 13.8 Å². The summed E-state index contributed by atoms with van der Waals surface area (Å²) < 4.78 is 0. The first-order valence-corrected chi connectivity index (χ1v) is 7.51. The molecule has 0 aromatic carbocycles. The van der Waals surface area contributed by atoms with Gasteiger partial charge < -0.3 is 4.84 Å². The van der Waals surface area contributed by atoms with E-state index in [-0.39, 0.29) is 6.10 Å². The predicted molar refractivity (Wildman–Crippen MR) is 74.0 cm³/mol. The maximum Gasteiger partial charge on any atom is 0.294 e. The Labute approximate surface area is 111 Å². The molecule has 1 atom stereocenters. The van der Waals surface area contributed by atoms with Crippen LogP contribution in [0.25, 0.3) is 0 Å². The molecule has 0 bridgehead atoms. The fraction of sp³-hybridized carbons (Fsp3) is 1.00. The smallest absolute Gasteiger partial charge is 0.294 e. The Morgan fingerprint density at radius 1 is 0.889 bits per heavy atom. The maximum atomic E-state index is 10.4. The molecule has 18 heavy (non-hydrogen) atoms. The van der Waals surface area contributed by atoms with Crippen LogP contribution in [0.15, 0.2) is 0 Å². The highest BCUT2D eigenvalue weighted by atomic mass is 17.0. The number of nitrogens with zero attached hydrogens (tertiary/aromatic N) is 1. The van der Waals surface area contributed by atoms with Crippen molar-refractivity contribution in [2.24, 2.45) is 0 Å². The lowest BCUT2D eigenvalue weighted by Crippen LogP contribution is -2.17. The Balaban J connectivity index is 3.66. The van der Waals surface area contributed by atoms with Gasteiger partial charge in [0.2, 0.25) is 0 Å². The molecule has 0 N–H and O–H groups in total. The summed E-state index contributed by atoms with van der Waals surface area (Å²) in [5.41, 5.74) is 0.